The van der Waals surface area contributed by atoms with Crippen LogP contribution in [0.15, 0.2) is 85.1 Å². The summed E-state index contributed by atoms with van der Waals surface area (Å²) in [6, 6.07) is 19.0. The molecule has 0 unspecified atom stereocenters. The van der Waals surface area contributed by atoms with Gasteiger partial charge in [0.1, 0.15) is 17.3 Å². The molecule has 1 atom stereocenters. The van der Waals surface area contributed by atoms with Crippen molar-refractivity contribution >= 4 is 35.1 Å². The second kappa shape index (κ2) is 16.2. The summed E-state index contributed by atoms with van der Waals surface area (Å²) in [7, 11) is 0. The zero-order valence-corrected chi connectivity index (χ0v) is 28.3. The largest absolute Gasteiger partial charge is 0.478 e. The first-order valence-corrected chi connectivity index (χ1v) is 17.1. The fourth-order valence-electron chi connectivity index (χ4n) is 6.10. The van der Waals surface area contributed by atoms with Crippen molar-refractivity contribution in [3.05, 3.63) is 112 Å². The quantitative estimate of drug-likeness (QED) is 0.138. The fourth-order valence-corrected chi connectivity index (χ4v) is 6.60. The van der Waals surface area contributed by atoms with E-state index >= 15 is 0 Å². The van der Waals surface area contributed by atoms with Crippen molar-refractivity contribution in [2.45, 2.75) is 71.4 Å². The van der Waals surface area contributed by atoms with Gasteiger partial charge in [-0.15, -0.1) is 0 Å². The molecule has 5 rings (SSSR count). The molecule has 0 radical (unpaired) electrons. The summed E-state index contributed by atoms with van der Waals surface area (Å²) >= 11 is 12.8. The van der Waals surface area contributed by atoms with Gasteiger partial charge in [0.2, 0.25) is 5.91 Å². The lowest BCUT2D eigenvalue weighted by atomic mass is 9.80. The summed E-state index contributed by atoms with van der Waals surface area (Å²) in [4.78, 5) is 30.0. The molecule has 1 aliphatic rings. The molecule has 7 nitrogen and oxygen atoms in total. The summed E-state index contributed by atoms with van der Waals surface area (Å²) in [5.74, 6) is 1.68. The number of nitrogens with zero attached hydrogens (tertiary/aromatic N) is 2. The standard InChI is InChI=1S/C38H41Cl2N3O4/c1-3-5-6-21-43-24-35(32-20-15-29(39)23-33(32)40)41-36(43)34(42-37(44)27-11-7-25(4-2)8-12-27)22-26-9-16-30(17-10-26)47-31-18-13-28(14-19-31)38(45)46/h5-6,9-10,13-20,23-25,27,34H,3-4,7-8,11-12,21-22H2,1-2H3,(H,42,44)(H,45,46)/t25?,27?,34-/m0/s1. The number of aromatic nitrogens is 2. The van der Waals surface area contributed by atoms with E-state index in [1.165, 1.54) is 12.1 Å². The molecular weight excluding hydrogens is 633 g/mol. The van der Waals surface area contributed by atoms with Crippen LogP contribution in [0.25, 0.3) is 11.3 Å². The number of aromatic carboxylic acids is 1. The Morgan fingerprint density at radius 2 is 1.66 bits per heavy atom. The van der Waals surface area contributed by atoms with E-state index in [0.29, 0.717) is 46.1 Å². The molecule has 1 fully saturated rings. The van der Waals surface area contributed by atoms with Crippen LogP contribution in [0, 0.1) is 11.8 Å². The van der Waals surface area contributed by atoms with Crippen LogP contribution in [0.3, 0.4) is 0 Å². The Morgan fingerprint density at radius 3 is 2.28 bits per heavy atom. The molecule has 1 amide bonds. The smallest absolute Gasteiger partial charge is 0.335 e. The van der Waals surface area contributed by atoms with Crippen molar-refractivity contribution in [1.29, 1.82) is 0 Å². The molecule has 0 spiro atoms. The van der Waals surface area contributed by atoms with Crippen molar-refractivity contribution in [3.63, 3.8) is 0 Å². The van der Waals surface area contributed by atoms with Crippen LogP contribution in [0.2, 0.25) is 10.0 Å². The van der Waals surface area contributed by atoms with E-state index in [1.54, 1.807) is 24.3 Å². The lowest BCUT2D eigenvalue weighted by molar-refractivity contribution is -0.127. The van der Waals surface area contributed by atoms with Crippen molar-refractivity contribution in [2.24, 2.45) is 11.8 Å². The third-order valence-electron chi connectivity index (χ3n) is 8.84. The van der Waals surface area contributed by atoms with Gasteiger partial charge < -0.3 is 19.7 Å². The maximum Gasteiger partial charge on any atom is 0.335 e. The highest BCUT2D eigenvalue weighted by atomic mass is 35.5. The van der Waals surface area contributed by atoms with Gasteiger partial charge in [-0.2, -0.15) is 0 Å². The minimum absolute atomic E-state index is 0.0165. The number of benzene rings is 3. The van der Waals surface area contributed by atoms with Gasteiger partial charge in [-0.25, -0.2) is 9.78 Å². The van der Waals surface area contributed by atoms with Crippen molar-refractivity contribution in [2.75, 3.05) is 0 Å². The third-order valence-corrected chi connectivity index (χ3v) is 9.39. The summed E-state index contributed by atoms with van der Waals surface area (Å²) < 4.78 is 8.04. The molecule has 2 N–H and O–H groups in total. The zero-order chi connectivity index (χ0) is 33.3. The number of carboxylic acid groups (broad SMARTS) is 1. The summed E-state index contributed by atoms with van der Waals surface area (Å²) in [6.07, 6.45) is 12.8. The van der Waals surface area contributed by atoms with Gasteiger partial charge in [0.15, 0.2) is 0 Å². The number of carbonyl (C=O) groups excluding carboxylic acids is 1. The number of halogens is 2. The van der Waals surface area contributed by atoms with Crippen LogP contribution in [0.5, 0.6) is 11.5 Å². The van der Waals surface area contributed by atoms with Gasteiger partial charge in [0.25, 0.3) is 0 Å². The van der Waals surface area contributed by atoms with Crippen molar-refractivity contribution in [1.82, 2.24) is 14.9 Å². The van der Waals surface area contributed by atoms with Gasteiger partial charge in [0.05, 0.1) is 22.3 Å². The van der Waals surface area contributed by atoms with Crippen LogP contribution in [0.4, 0.5) is 0 Å². The molecule has 9 heteroatoms. The number of amides is 1. The van der Waals surface area contributed by atoms with E-state index in [0.717, 1.165) is 55.5 Å². The highest BCUT2D eigenvalue weighted by molar-refractivity contribution is 6.36. The second-order valence-corrected chi connectivity index (χ2v) is 13.0. The topological polar surface area (TPSA) is 93.5 Å². The van der Waals surface area contributed by atoms with E-state index in [-0.39, 0.29) is 17.4 Å². The molecule has 246 valence electrons. The number of imidazole rings is 1. The van der Waals surface area contributed by atoms with Crippen molar-refractivity contribution in [3.8, 4) is 22.8 Å². The number of allylic oxidation sites excluding steroid dienone is 2. The van der Waals surface area contributed by atoms with Crippen LogP contribution in [0.1, 0.15) is 80.2 Å². The average molecular weight is 675 g/mol. The van der Waals surface area contributed by atoms with E-state index in [9.17, 15) is 9.59 Å². The number of ether oxygens (including phenoxy) is 1. The van der Waals surface area contributed by atoms with Gasteiger partial charge >= 0.3 is 5.97 Å². The second-order valence-electron chi connectivity index (χ2n) is 12.1. The van der Waals surface area contributed by atoms with Crippen LogP contribution >= 0.6 is 23.2 Å². The minimum atomic E-state index is -0.985. The van der Waals surface area contributed by atoms with E-state index in [4.69, 9.17) is 38.0 Å². The third kappa shape index (κ3) is 9.05. The van der Waals surface area contributed by atoms with Gasteiger partial charge in [0, 0.05) is 29.2 Å². The number of nitrogens with one attached hydrogen (secondary N) is 1. The predicted molar refractivity (Wildman–Crippen MR) is 187 cm³/mol. The van der Waals surface area contributed by atoms with Gasteiger partial charge in [-0.05, 0) is 105 Å². The van der Waals surface area contributed by atoms with Gasteiger partial charge in [-0.1, -0.05) is 67.8 Å². The Labute approximate surface area is 286 Å². The van der Waals surface area contributed by atoms with Crippen LogP contribution in [-0.4, -0.2) is 26.5 Å². The number of carboxylic acids is 1. The molecule has 0 aliphatic heterocycles. The normalized spacial score (nSPS) is 17.0. The number of carbonyl (C=O) groups is 2. The molecular formula is C38H41Cl2N3O4. The first-order chi connectivity index (χ1) is 22.7. The molecule has 1 aromatic heterocycles. The zero-order valence-electron chi connectivity index (χ0n) is 26.8. The Bertz CT molecular complexity index is 1690. The first kappa shape index (κ1) is 34.3. The minimum Gasteiger partial charge on any atom is -0.478 e. The summed E-state index contributed by atoms with van der Waals surface area (Å²) in [5.41, 5.74) is 2.69. The molecule has 1 saturated carbocycles. The maximum atomic E-state index is 13.8. The molecule has 0 saturated heterocycles. The molecule has 1 aliphatic carbocycles. The maximum absolute atomic E-state index is 13.8. The molecule has 3 aromatic carbocycles. The fraction of sp³-hybridized carbons (Fsp3) is 0.342. The first-order valence-electron chi connectivity index (χ1n) is 16.3. The van der Waals surface area contributed by atoms with E-state index in [2.05, 4.69) is 35.9 Å². The number of rotatable bonds is 13. The average Bonchev–Trinajstić information content (AvgIpc) is 3.49. The van der Waals surface area contributed by atoms with Gasteiger partial charge in [-0.3, -0.25) is 4.79 Å². The summed E-state index contributed by atoms with van der Waals surface area (Å²) in [6.45, 7) is 4.92. The highest BCUT2D eigenvalue weighted by Crippen LogP contribution is 2.34. The lowest BCUT2D eigenvalue weighted by Gasteiger charge is -2.29. The number of hydrogen-bond acceptors (Lipinski definition) is 4. The molecule has 1 heterocycles. The molecule has 4 aromatic rings. The Kier molecular flexibility index (Phi) is 11.8. The van der Waals surface area contributed by atoms with Crippen LogP contribution < -0.4 is 10.1 Å². The summed E-state index contributed by atoms with van der Waals surface area (Å²) in [5, 5.41) is 13.6. The molecule has 47 heavy (non-hydrogen) atoms. The van der Waals surface area contributed by atoms with Crippen LogP contribution in [-0.2, 0) is 17.8 Å². The highest BCUT2D eigenvalue weighted by Gasteiger charge is 2.29. The molecule has 0 bridgehead atoms. The van der Waals surface area contributed by atoms with E-state index in [1.807, 2.05) is 36.5 Å². The predicted octanol–water partition coefficient (Wildman–Crippen LogP) is 9.93. The number of hydrogen-bond donors (Lipinski definition) is 2. The SMILES string of the molecule is CCC=CCn1cc(-c2ccc(Cl)cc2Cl)nc1[C@H](Cc1ccc(Oc2ccc(C(=O)O)cc2)cc1)NC(=O)C1CCC(CC)CC1. The van der Waals surface area contributed by atoms with E-state index < -0.39 is 12.0 Å². The Hall–Kier alpha value is -4.07. The Morgan fingerprint density at radius 1 is 0.979 bits per heavy atom. The monoisotopic (exact) mass is 673 g/mol. The lowest BCUT2D eigenvalue weighted by Crippen LogP contribution is -2.37. The Balaban J connectivity index is 1.43. The van der Waals surface area contributed by atoms with Crippen molar-refractivity contribution < 1.29 is 19.4 Å².